The van der Waals surface area contributed by atoms with E-state index in [-0.39, 0.29) is 17.9 Å². The number of likely N-dealkylation sites (tertiary alicyclic amines) is 1. The number of carbonyl (C=O) groups is 1. The number of rotatable bonds is 4. The molecule has 132 valence electrons. The molecule has 1 saturated heterocycles. The van der Waals surface area contributed by atoms with E-state index in [2.05, 4.69) is 15.1 Å². The predicted octanol–water partition coefficient (Wildman–Crippen LogP) is 1.44. The second-order valence-corrected chi connectivity index (χ2v) is 6.79. The molecule has 0 N–H and O–H groups in total. The Morgan fingerprint density at radius 3 is 2.96 bits per heavy atom. The topological polar surface area (TPSA) is 73.1 Å². The highest BCUT2D eigenvalue weighted by Crippen LogP contribution is 2.23. The number of carbonyl (C=O) groups excluding carboxylic acids is 1. The molecule has 1 amide bonds. The van der Waals surface area contributed by atoms with Crippen molar-refractivity contribution >= 4 is 5.91 Å². The van der Waals surface area contributed by atoms with Gasteiger partial charge in [0, 0.05) is 31.9 Å². The summed E-state index contributed by atoms with van der Waals surface area (Å²) in [5, 5.41) is 4.21. The van der Waals surface area contributed by atoms with Gasteiger partial charge in [-0.2, -0.15) is 5.10 Å². The van der Waals surface area contributed by atoms with Crippen molar-refractivity contribution in [1.82, 2.24) is 24.6 Å². The molecule has 1 fully saturated rings. The van der Waals surface area contributed by atoms with Crippen LogP contribution in [0.5, 0.6) is 0 Å². The molecule has 0 aliphatic carbocycles. The number of hydrogen-bond donors (Lipinski definition) is 0. The molecule has 2 aliphatic heterocycles. The minimum atomic E-state index is 0.0297. The third kappa shape index (κ3) is 3.71. The van der Waals surface area contributed by atoms with Gasteiger partial charge in [0.05, 0.1) is 25.2 Å². The number of aromatic nitrogens is 4. The lowest BCUT2D eigenvalue weighted by Gasteiger charge is -2.35. The quantitative estimate of drug-likeness (QED) is 0.841. The van der Waals surface area contributed by atoms with Gasteiger partial charge in [0.15, 0.2) is 0 Å². The first-order valence-electron chi connectivity index (χ1n) is 8.95. The highest BCUT2D eigenvalue weighted by Gasteiger charge is 2.31. The number of pyridine rings is 1. The monoisotopic (exact) mass is 341 g/mol. The lowest BCUT2D eigenvalue weighted by atomic mass is 9.96. The largest absolute Gasteiger partial charge is 0.373 e. The van der Waals surface area contributed by atoms with Gasteiger partial charge in [-0.15, -0.1) is 0 Å². The molecular formula is C18H23N5O2. The molecule has 25 heavy (non-hydrogen) atoms. The summed E-state index contributed by atoms with van der Waals surface area (Å²) < 4.78 is 7.85. The van der Waals surface area contributed by atoms with Crippen LogP contribution < -0.4 is 0 Å². The first-order chi connectivity index (χ1) is 12.3. The van der Waals surface area contributed by atoms with Crippen LogP contribution in [0.25, 0.3) is 0 Å². The van der Waals surface area contributed by atoms with Gasteiger partial charge in [0.1, 0.15) is 12.2 Å². The van der Waals surface area contributed by atoms with Gasteiger partial charge in [-0.3, -0.25) is 9.78 Å². The van der Waals surface area contributed by atoms with Gasteiger partial charge in [0.25, 0.3) is 0 Å². The maximum Gasteiger partial charge on any atom is 0.227 e. The van der Waals surface area contributed by atoms with Crippen LogP contribution in [0.1, 0.15) is 30.7 Å². The van der Waals surface area contributed by atoms with E-state index in [9.17, 15) is 4.79 Å². The zero-order valence-electron chi connectivity index (χ0n) is 14.3. The number of aryl methyl sites for hydroxylation is 1. The van der Waals surface area contributed by atoms with E-state index in [1.165, 1.54) is 0 Å². The Bertz CT molecular complexity index is 709. The second kappa shape index (κ2) is 7.31. The molecule has 7 heteroatoms. The molecule has 2 aliphatic rings. The smallest absolute Gasteiger partial charge is 0.227 e. The average molecular weight is 341 g/mol. The van der Waals surface area contributed by atoms with Crippen molar-refractivity contribution in [2.75, 3.05) is 13.1 Å². The molecule has 0 saturated carbocycles. The summed E-state index contributed by atoms with van der Waals surface area (Å²) in [5.41, 5.74) is 1.09. The van der Waals surface area contributed by atoms with Gasteiger partial charge in [-0.1, -0.05) is 6.07 Å². The number of piperidine rings is 1. The predicted molar refractivity (Wildman–Crippen MR) is 90.5 cm³/mol. The molecule has 4 rings (SSSR count). The van der Waals surface area contributed by atoms with Crippen molar-refractivity contribution in [3.05, 3.63) is 42.2 Å². The van der Waals surface area contributed by atoms with E-state index in [0.29, 0.717) is 13.2 Å². The number of nitrogens with zero attached hydrogens (tertiary/aromatic N) is 5. The first kappa shape index (κ1) is 16.2. The van der Waals surface area contributed by atoms with Crippen molar-refractivity contribution < 1.29 is 9.53 Å². The third-order valence-electron chi connectivity index (χ3n) is 5.12. The summed E-state index contributed by atoms with van der Waals surface area (Å²) >= 11 is 0. The standard InChI is InChI=1S/C18H23N5O2/c24-18(15-3-4-17-20-13-21-23(17)11-15)22-8-5-16(6-9-22)25-12-14-2-1-7-19-10-14/h1-2,7,10,13,15-16H,3-6,8-9,11-12H2. The van der Waals surface area contributed by atoms with Gasteiger partial charge in [-0.25, -0.2) is 9.67 Å². The van der Waals surface area contributed by atoms with E-state index >= 15 is 0 Å². The zero-order chi connectivity index (χ0) is 17.1. The van der Waals surface area contributed by atoms with Crippen LogP contribution in [-0.2, 0) is 29.1 Å². The number of ether oxygens (including phenoxy) is 1. The van der Waals surface area contributed by atoms with Crippen molar-refractivity contribution in [1.29, 1.82) is 0 Å². The third-order valence-corrected chi connectivity index (χ3v) is 5.12. The number of hydrogen-bond acceptors (Lipinski definition) is 5. The fourth-order valence-electron chi connectivity index (χ4n) is 3.64. The molecule has 1 unspecified atom stereocenters. The summed E-state index contributed by atoms with van der Waals surface area (Å²) in [5.74, 6) is 1.28. The normalized spacial score (nSPS) is 21.1. The van der Waals surface area contributed by atoms with Gasteiger partial charge in [0.2, 0.25) is 5.91 Å². The van der Waals surface area contributed by atoms with Crippen LogP contribution in [0.15, 0.2) is 30.9 Å². The Morgan fingerprint density at radius 1 is 1.28 bits per heavy atom. The average Bonchev–Trinajstić information content (AvgIpc) is 3.15. The molecule has 7 nitrogen and oxygen atoms in total. The molecule has 2 aromatic heterocycles. The Labute approximate surface area is 147 Å². The molecule has 0 spiro atoms. The Morgan fingerprint density at radius 2 is 2.16 bits per heavy atom. The Hall–Kier alpha value is -2.28. The minimum absolute atomic E-state index is 0.0297. The SMILES string of the molecule is O=C(C1CCc2ncnn2C1)N1CCC(OCc2cccnc2)CC1. The fourth-order valence-corrected chi connectivity index (χ4v) is 3.64. The molecule has 4 heterocycles. The highest BCUT2D eigenvalue weighted by molar-refractivity contribution is 5.79. The van der Waals surface area contributed by atoms with Crippen LogP contribution in [0.3, 0.4) is 0 Å². The Balaban J connectivity index is 1.25. The van der Waals surface area contributed by atoms with E-state index in [1.807, 2.05) is 27.9 Å². The van der Waals surface area contributed by atoms with Gasteiger partial charge in [-0.05, 0) is 30.9 Å². The van der Waals surface area contributed by atoms with Crippen molar-refractivity contribution in [3.63, 3.8) is 0 Å². The van der Waals surface area contributed by atoms with Crippen LogP contribution in [-0.4, -0.2) is 49.7 Å². The van der Waals surface area contributed by atoms with Crippen molar-refractivity contribution in [2.24, 2.45) is 5.92 Å². The molecule has 0 bridgehead atoms. The van der Waals surface area contributed by atoms with Crippen molar-refractivity contribution in [2.45, 2.75) is 44.9 Å². The minimum Gasteiger partial charge on any atom is -0.373 e. The maximum atomic E-state index is 12.8. The van der Waals surface area contributed by atoms with Crippen LogP contribution in [0.2, 0.25) is 0 Å². The second-order valence-electron chi connectivity index (χ2n) is 6.79. The van der Waals surface area contributed by atoms with Gasteiger partial charge >= 0.3 is 0 Å². The zero-order valence-corrected chi connectivity index (χ0v) is 14.3. The lowest BCUT2D eigenvalue weighted by Crippen LogP contribution is -2.45. The number of amides is 1. The van der Waals surface area contributed by atoms with E-state index in [4.69, 9.17) is 4.74 Å². The van der Waals surface area contributed by atoms with Crippen LogP contribution >= 0.6 is 0 Å². The summed E-state index contributed by atoms with van der Waals surface area (Å²) in [4.78, 5) is 23.1. The molecule has 0 aromatic carbocycles. The summed E-state index contributed by atoms with van der Waals surface area (Å²) in [6.45, 7) is 2.80. The van der Waals surface area contributed by atoms with E-state index in [0.717, 1.165) is 50.2 Å². The van der Waals surface area contributed by atoms with Crippen molar-refractivity contribution in [3.8, 4) is 0 Å². The highest BCUT2D eigenvalue weighted by atomic mass is 16.5. The van der Waals surface area contributed by atoms with Crippen LogP contribution in [0, 0.1) is 5.92 Å². The molecule has 2 aromatic rings. The summed E-state index contributed by atoms with van der Waals surface area (Å²) in [6, 6.07) is 3.94. The fraction of sp³-hybridized carbons (Fsp3) is 0.556. The van der Waals surface area contributed by atoms with E-state index < -0.39 is 0 Å². The summed E-state index contributed by atoms with van der Waals surface area (Å²) in [7, 11) is 0. The van der Waals surface area contributed by atoms with Crippen LogP contribution in [0.4, 0.5) is 0 Å². The maximum absolute atomic E-state index is 12.8. The molecule has 0 radical (unpaired) electrons. The van der Waals surface area contributed by atoms with Gasteiger partial charge < -0.3 is 9.64 Å². The van der Waals surface area contributed by atoms with E-state index in [1.54, 1.807) is 12.5 Å². The number of fused-ring (bicyclic) bond motifs is 1. The molecule has 1 atom stereocenters. The molecular weight excluding hydrogens is 318 g/mol. The first-order valence-corrected chi connectivity index (χ1v) is 8.95. The lowest BCUT2D eigenvalue weighted by molar-refractivity contribution is -0.139. The summed E-state index contributed by atoms with van der Waals surface area (Å²) in [6.07, 6.45) is 8.89. The Kier molecular flexibility index (Phi) is 4.74.